The molecule has 0 aromatic carbocycles. The van der Waals surface area contributed by atoms with E-state index in [1.807, 2.05) is 32.4 Å². The number of nitrogens with zero attached hydrogens (tertiary/aromatic N) is 4. The zero-order valence-electron chi connectivity index (χ0n) is 15.9. The highest BCUT2D eigenvalue weighted by molar-refractivity contribution is 7.98. The number of rotatable bonds is 5. The molecule has 3 aromatic rings. The van der Waals surface area contributed by atoms with Gasteiger partial charge in [-0.15, -0.1) is 23.1 Å². The Kier molecular flexibility index (Phi) is 5.61. The Morgan fingerprint density at radius 1 is 1.33 bits per heavy atom. The fraction of sp³-hybridized carbons (Fsp3) is 0.389. The maximum Gasteiger partial charge on any atom is 0.268 e. The van der Waals surface area contributed by atoms with Crippen molar-refractivity contribution in [3.05, 3.63) is 44.7 Å². The van der Waals surface area contributed by atoms with Crippen LogP contribution < -0.4 is 5.56 Å². The Bertz CT molecular complexity index is 1060. The van der Waals surface area contributed by atoms with Gasteiger partial charge >= 0.3 is 0 Å². The molecular weight excluding hydrogens is 382 g/mol. The van der Waals surface area contributed by atoms with Gasteiger partial charge in [0, 0.05) is 13.0 Å². The van der Waals surface area contributed by atoms with Crippen LogP contribution in [0.15, 0.2) is 21.3 Å². The van der Waals surface area contributed by atoms with E-state index in [1.165, 1.54) is 28.0 Å². The van der Waals surface area contributed by atoms with Crippen LogP contribution in [0.1, 0.15) is 47.5 Å². The summed E-state index contributed by atoms with van der Waals surface area (Å²) in [5, 5.41) is 2.49. The number of amides is 1. The lowest BCUT2D eigenvalue weighted by atomic mass is 10.1. The number of hydrogen-bond donors (Lipinski definition) is 1. The molecule has 0 unspecified atom stereocenters. The summed E-state index contributed by atoms with van der Waals surface area (Å²) in [6.45, 7) is 6.06. The Morgan fingerprint density at radius 3 is 2.74 bits per heavy atom. The van der Waals surface area contributed by atoms with Gasteiger partial charge in [0.1, 0.15) is 21.4 Å². The van der Waals surface area contributed by atoms with Crippen molar-refractivity contribution in [2.24, 2.45) is 0 Å². The predicted molar refractivity (Wildman–Crippen MR) is 109 cm³/mol. The van der Waals surface area contributed by atoms with E-state index in [2.05, 4.69) is 19.9 Å². The van der Waals surface area contributed by atoms with Gasteiger partial charge in [-0.2, -0.15) is 0 Å². The third-order valence-electron chi connectivity index (χ3n) is 4.10. The molecule has 0 spiro atoms. The number of hydrogen-bond acceptors (Lipinski definition) is 7. The molecule has 3 rings (SSSR count). The smallest absolute Gasteiger partial charge is 0.268 e. The number of nitrogens with one attached hydrogen (secondary N) is 1. The van der Waals surface area contributed by atoms with Crippen LogP contribution in [-0.4, -0.2) is 44.0 Å². The average Bonchev–Trinajstić information content (AvgIpc) is 3.09. The van der Waals surface area contributed by atoms with Crippen LogP contribution >= 0.6 is 23.1 Å². The van der Waals surface area contributed by atoms with Crippen molar-refractivity contribution in [2.45, 2.75) is 38.3 Å². The number of aromatic amines is 1. The molecule has 7 nitrogen and oxygen atoms in total. The summed E-state index contributed by atoms with van der Waals surface area (Å²) in [5.74, 6) is 1.16. The second kappa shape index (κ2) is 7.77. The van der Waals surface area contributed by atoms with Gasteiger partial charge in [0.2, 0.25) is 0 Å². The molecule has 0 saturated carbocycles. The largest absolute Gasteiger partial charge is 0.334 e. The maximum absolute atomic E-state index is 13.0. The number of carbonyl (C=O) groups excluding carboxylic acids is 1. The van der Waals surface area contributed by atoms with E-state index in [9.17, 15) is 9.59 Å². The summed E-state index contributed by atoms with van der Waals surface area (Å²) < 4.78 is 0.589. The molecule has 9 heteroatoms. The minimum Gasteiger partial charge on any atom is -0.334 e. The molecule has 3 aromatic heterocycles. The van der Waals surface area contributed by atoms with Crippen LogP contribution in [0.25, 0.3) is 10.2 Å². The van der Waals surface area contributed by atoms with Crippen molar-refractivity contribution in [1.82, 2.24) is 24.8 Å². The molecule has 1 amide bonds. The molecule has 27 heavy (non-hydrogen) atoms. The predicted octanol–water partition coefficient (Wildman–Crippen LogP) is 3.20. The highest BCUT2D eigenvalue weighted by atomic mass is 32.2. The first-order valence-corrected chi connectivity index (χ1v) is 10.6. The molecule has 0 bridgehead atoms. The first-order chi connectivity index (χ1) is 12.8. The minimum absolute atomic E-state index is 0.183. The van der Waals surface area contributed by atoms with Crippen LogP contribution in [0.4, 0.5) is 0 Å². The van der Waals surface area contributed by atoms with Crippen molar-refractivity contribution in [2.75, 3.05) is 13.3 Å². The first-order valence-electron chi connectivity index (χ1n) is 8.46. The SMILES string of the molecule is CSc1nc(C(C)C)nc(C)c1C(=O)N(C)Cc1nc2ccsc2c(=O)[nH]1. The number of carbonyl (C=O) groups is 1. The second-order valence-corrected chi connectivity index (χ2v) is 8.23. The van der Waals surface area contributed by atoms with Crippen LogP contribution in [0.5, 0.6) is 0 Å². The number of H-pyrrole nitrogens is 1. The standard InChI is InChI=1S/C18H21N5O2S2/c1-9(2)15-19-10(3)13(17(22-15)26-5)18(25)23(4)8-12-20-11-6-7-27-14(11)16(24)21-12/h6-7,9H,8H2,1-5H3,(H,20,21,24). The first kappa shape index (κ1) is 19.5. The Morgan fingerprint density at radius 2 is 2.07 bits per heavy atom. The highest BCUT2D eigenvalue weighted by Gasteiger charge is 2.23. The van der Waals surface area contributed by atoms with E-state index >= 15 is 0 Å². The van der Waals surface area contributed by atoms with E-state index in [-0.39, 0.29) is 23.9 Å². The maximum atomic E-state index is 13.0. The molecule has 142 valence electrons. The van der Waals surface area contributed by atoms with Gasteiger partial charge in [0.15, 0.2) is 0 Å². The van der Waals surface area contributed by atoms with Crippen LogP contribution in [0, 0.1) is 6.92 Å². The van der Waals surface area contributed by atoms with E-state index in [1.54, 1.807) is 13.1 Å². The summed E-state index contributed by atoms with van der Waals surface area (Å²) in [5.41, 5.74) is 1.61. The van der Waals surface area contributed by atoms with E-state index in [4.69, 9.17) is 0 Å². The van der Waals surface area contributed by atoms with Gasteiger partial charge in [-0.05, 0) is 24.6 Å². The summed E-state index contributed by atoms with van der Waals surface area (Å²) in [6.07, 6.45) is 1.90. The summed E-state index contributed by atoms with van der Waals surface area (Å²) in [4.78, 5) is 42.9. The molecule has 0 atom stereocenters. The molecule has 0 aliphatic heterocycles. The number of thioether (sulfide) groups is 1. The number of aromatic nitrogens is 4. The molecule has 3 heterocycles. The lowest BCUT2D eigenvalue weighted by molar-refractivity contribution is 0.0775. The third-order valence-corrected chi connectivity index (χ3v) is 5.68. The molecule has 0 fully saturated rings. The lowest BCUT2D eigenvalue weighted by Crippen LogP contribution is -2.30. The number of thiophene rings is 1. The second-order valence-electron chi connectivity index (χ2n) is 6.51. The van der Waals surface area contributed by atoms with Gasteiger partial charge in [0.05, 0.1) is 23.3 Å². The van der Waals surface area contributed by atoms with Crippen LogP contribution in [0.3, 0.4) is 0 Å². The summed E-state index contributed by atoms with van der Waals surface area (Å²) in [7, 11) is 1.68. The van der Waals surface area contributed by atoms with Crippen LogP contribution in [-0.2, 0) is 6.54 Å². The molecule has 0 aliphatic carbocycles. The fourth-order valence-electron chi connectivity index (χ4n) is 2.70. The quantitative estimate of drug-likeness (QED) is 0.519. The molecular formula is C18H21N5O2S2. The number of aryl methyl sites for hydroxylation is 1. The van der Waals surface area contributed by atoms with Gasteiger partial charge < -0.3 is 9.88 Å². The lowest BCUT2D eigenvalue weighted by Gasteiger charge is -2.19. The average molecular weight is 404 g/mol. The van der Waals surface area contributed by atoms with Gasteiger partial charge in [-0.25, -0.2) is 15.0 Å². The normalized spacial score (nSPS) is 11.3. The molecule has 1 N–H and O–H groups in total. The van der Waals surface area contributed by atoms with E-state index in [0.717, 1.165) is 5.82 Å². The van der Waals surface area contributed by atoms with Crippen molar-refractivity contribution in [3.63, 3.8) is 0 Å². The van der Waals surface area contributed by atoms with Crippen molar-refractivity contribution in [3.8, 4) is 0 Å². The topological polar surface area (TPSA) is 91.8 Å². The molecule has 0 radical (unpaired) electrons. The Balaban J connectivity index is 1.91. The van der Waals surface area contributed by atoms with Crippen LogP contribution in [0.2, 0.25) is 0 Å². The van der Waals surface area contributed by atoms with E-state index in [0.29, 0.717) is 32.3 Å². The van der Waals surface area contributed by atoms with Gasteiger partial charge in [0.25, 0.3) is 11.5 Å². The van der Waals surface area contributed by atoms with Gasteiger partial charge in [-0.1, -0.05) is 13.8 Å². The van der Waals surface area contributed by atoms with Crippen molar-refractivity contribution < 1.29 is 4.79 Å². The zero-order chi connectivity index (χ0) is 19.7. The van der Waals surface area contributed by atoms with Gasteiger partial charge in [-0.3, -0.25) is 9.59 Å². The third kappa shape index (κ3) is 3.89. The minimum atomic E-state index is -0.194. The monoisotopic (exact) mass is 403 g/mol. The fourth-order valence-corrected chi connectivity index (χ4v) is 4.05. The molecule has 0 aliphatic rings. The Labute approximate surface area is 165 Å². The number of fused-ring (bicyclic) bond motifs is 1. The van der Waals surface area contributed by atoms with Crippen molar-refractivity contribution in [1.29, 1.82) is 0 Å². The van der Waals surface area contributed by atoms with Crippen molar-refractivity contribution >= 4 is 39.2 Å². The summed E-state index contributed by atoms with van der Waals surface area (Å²) >= 11 is 2.78. The zero-order valence-corrected chi connectivity index (χ0v) is 17.5. The Hall–Kier alpha value is -2.26. The van der Waals surface area contributed by atoms with E-state index < -0.39 is 0 Å². The summed E-state index contributed by atoms with van der Waals surface area (Å²) in [6, 6.07) is 1.80. The highest BCUT2D eigenvalue weighted by Crippen LogP contribution is 2.24. The molecule has 0 saturated heterocycles.